The Bertz CT molecular complexity index is 937. The molecule has 0 spiro atoms. The van der Waals surface area contributed by atoms with Crippen molar-refractivity contribution in [3.8, 4) is 0 Å². The lowest BCUT2D eigenvalue weighted by atomic mass is 10.2. The molecule has 1 aromatic carbocycles. The van der Waals surface area contributed by atoms with Gasteiger partial charge in [0.05, 0.1) is 24.2 Å². The molecule has 0 atom stereocenters. The highest BCUT2D eigenvalue weighted by molar-refractivity contribution is 7.99. The monoisotopic (exact) mass is 423 g/mol. The summed E-state index contributed by atoms with van der Waals surface area (Å²) in [5, 5.41) is 11.9. The summed E-state index contributed by atoms with van der Waals surface area (Å²) in [5.41, 5.74) is 1.63. The van der Waals surface area contributed by atoms with Crippen molar-refractivity contribution >= 4 is 33.4 Å². The third-order valence-electron chi connectivity index (χ3n) is 4.39. The molecule has 3 rings (SSSR count). The Morgan fingerprint density at radius 2 is 1.96 bits per heavy atom. The summed E-state index contributed by atoms with van der Waals surface area (Å²) < 4.78 is 27.9. The Hall–Kier alpha value is -2.07. The minimum atomic E-state index is -3.50. The molecular formula is C18H25N5O3S2. The van der Waals surface area contributed by atoms with Gasteiger partial charge in [0.2, 0.25) is 15.9 Å². The zero-order valence-electron chi connectivity index (χ0n) is 16.3. The number of anilines is 1. The normalized spacial score (nSPS) is 14.1. The zero-order chi connectivity index (χ0) is 20.3. The lowest BCUT2D eigenvalue weighted by Crippen LogP contribution is -2.30. The highest BCUT2D eigenvalue weighted by Gasteiger charge is 2.24. The van der Waals surface area contributed by atoms with Gasteiger partial charge < -0.3 is 9.88 Å². The molecule has 1 fully saturated rings. The van der Waals surface area contributed by atoms with E-state index in [-0.39, 0.29) is 18.2 Å². The van der Waals surface area contributed by atoms with E-state index in [1.54, 1.807) is 12.1 Å². The number of hydrogen-bond donors (Lipinski definition) is 1. The molecule has 1 amide bonds. The van der Waals surface area contributed by atoms with Crippen molar-refractivity contribution in [1.29, 1.82) is 0 Å². The number of hydrogen-bond acceptors (Lipinski definition) is 6. The molecule has 1 heterocycles. The smallest absolute Gasteiger partial charge is 0.232 e. The van der Waals surface area contributed by atoms with Gasteiger partial charge in [-0.1, -0.05) is 29.5 Å². The van der Waals surface area contributed by atoms with E-state index < -0.39 is 10.0 Å². The number of sulfonamides is 1. The van der Waals surface area contributed by atoms with Crippen LogP contribution < -0.4 is 9.62 Å². The fourth-order valence-corrected chi connectivity index (χ4v) is 4.41. The van der Waals surface area contributed by atoms with E-state index in [0.29, 0.717) is 29.3 Å². The Labute approximate surface area is 169 Å². The highest BCUT2D eigenvalue weighted by atomic mass is 32.2. The number of amides is 1. The first-order valence-corrected chi connectivity index (χ1v) is 12.0. The van der Waals surface area contributed by atoms with Gasteiger partial charge in [-0.2, -0.15) is 0 Å². The maximum absolute atomic E-state index is 12.4. The van der Waals surface area contributed by atoms with Gasteiger partial charge in [0.25, 0.3) is 0 Å². The Kier molecular flexibility index (Phi) is 6.29. The summed E-state index contributed by atoms with van der Waals surface area (Å²) in [7, 11) is -3.50. The minimum absolute atomic E-state index is 0.0166. The van der Waals surface area contributed by atoms with Crippen molar-refractivity contribution in [3.63, 3.8) is 0 Å². The zero-order valence-corrected chi connectivity index (χ0v) is 17.9. The van der Waals surface area contributed by atoms with E-state index in [1.165, 1.54) is 22.3 Å². The van der Waals surface area contributed by atoms with Crippen molar-refractivity contribution in [3.05, 3.63) is 35.7 Å². The summed E-state index contributed by atoms with van der Waals surface area (Å²) in [6.45, 7) is 4.56. The quantitative estimate of drug-likeness (QED) is 0.619. The summed E-state index contributed by atoms with van der Waals surface area (Å²) in [6.07, 6.45) is 3.27. The second-order valence-electron chi connectivity index (χ2n) is 6.88. The topological polar surface area (TPSA) is 97.2 Å². The number of carbonyl (C=O) groups is 1. The molecule has 0 aliphatic heterocycles. The first kappa shape index (κ1) is 20.7. The van der Waals surface area contributed by atoms with Crippen molar-refractivity contribution in [2.75, 3.05) is 16.3 Å². The van der Waals surface area contributed by atoms with Crippen LogP contribution in [0.3, 0.4) is 0 Å². The fourth-order valence-electron chi connectivity index (χ4n) is 2.73. The van der Waals surface area contributed by atoms with Gasteiger partial charge in [-0.3, -0.25) is 9.10 Å². The number of aryl methyl sites for hydroxylation is 1. The number of aromatic nitrogens is 3. The molecule has 1 aromatic heterocycles. The van der Waals surface area contributed by atoms with E-state index in [9.17, 15) is 13.2 Å². The van der Waals surface area contributed by atoms with Crippen LogP contribution in [0.1, 0.15) is 31.2 Å². The number of thioether (sulfide) groups is 1. The van der Waals surface area contributed by atoms with Crippen molar-refractivity contribution in [2.45, 2.75) is 51.0 Å². The van der Waals surface area contributed by atoms with Gasteiger partial charge in [-0.05, 0) is 38.8 Å². The maximum Gasteiger partial charge on any atom is 0.232 e. The van der Waals surface area contributed by atoms with Crippen LogP contribution in [-0.4, -0.2) is 47.1 Å². The van der Waals surface area contributed by atoms with Crippen LogP contribution in [0.2, 0.25) is 0 Å². The minimum Gasteiger partial charge on any atom is -0.353 e. The molecular weight excluding hydrogens is 398 g/mol. The van der Waals surface area contributed by atoms with Crippen molar-refractivity contribution in [2.24, 2.45) is 0 Å². The Balaban J connectivity index is 1.76. The average molecular weight is 424 g/mol. The van der Waals surface area contributed by atoms with Gasteiger partial charge in [-0.25, -0.2) is 8.42 Å². The van der Waals surface area contributed by atoms with Crippen molar-refractivity contribution in [1.82, 2.24) is 20.1 Å². The van der Waals surface area contributed by atoms with Crippen LogP contribution in [0, 0.1) is 6.92 Å². The van der Waals surface area contributed by atoms with Crippen LogP contribution in [0.25, 0.3) is 0 Å². The lowest BCUT2D eigenvalue weighted by molar-refractivity contribution is -0.118. The third kappa shape index (κ3) is 5.26. The number of benzene rings is 1. The summed E-state index contributed by atoms with van der Waals surface area (Å²) in [6, 6.07) is 7.63. The molecule has 2 aromatic rings. The van der Waals surface area contributed by atoms with Gasteiger partial charge in [0, 0.05) is 12.6 Å². The number of nitrogens with one attached hydrogen (secondary N) is 1. The van der Waals surface area contributed by atoms with E-state index >= 15 is 0 Å². The van der Waals surface area contributed by atoms with Crippen LogP contribution >= 0.6 is 11.8 Å². The summed E-state index contributed by atoms with van der Waals surface area (Å²) >= 11 is 1.31. The maximum atomic E-state index is 12.4. The molecule has 1 saturated carbocycles. The molecule has 1 aliphatic rings. The van der Waals surface area contributed by atoms with E-state index in [1.807, 2.05) is 30.5 Å². The summed E-state index contributed by atoms with van der Waals surface area (Å²) in [4.78, 5) is 11.9. The van der Waals surface area contributed by atoms with Gasteiger partial charge in [0.15, 0.2) is 11.0 Å². The summed E-state index contributed by atoms with van der Waals surface area (Å²) in [5.74, 6) is 0.790. The SMILES string of the molecule is CCn1c(CN(c2ccc(C)cc2)S(C)(=O)=O)nnc1SCC(=O)NC1CC1. The molecule has 1 aliphatic carbocycles. The Morgan fingerprint density at radius 3 is 2.54 bits per heavy atom. The van der Waals surface area contributed by atoms with E-state index in [0.717, 1.165) is 18.4 Å². The van der Waals surface area contributed by atoms with Gasteiger partial charge in [0.1, 0.15) is 0 Å². The van der Waals surface area contributed by atoms with Gasteiger partial charge in [-0.15, -0.1) is 10.2 Å². The predicted octanol–water partition coefficient (Wildman–Crippen LogP) is 1.94. The van der Waals surface area contributed by atoms with Crippen molar-refractivity contribution < 1.29 is 13.2 Å². The number of nitrogens with zero attached hydrogens (tertiary/aromatic N) is 4. The molecule has 152 valence electrons. The fraction of sp³-hybridized carbons (Fsp3) is 0.500. The first-order valence-electron chi connectivity index (χ1n) is 9.16. The third-order valence-corrected chi connectivity index (χ3v) is 6.50. The molecule has 10 heteroatoms. The molecule has 28 heavy (non-hydrogen) atoms. The molecule has 0 unspecified atom stereocenters. The van der Waals surface area contributed by atoms with E-state index in [2.05, 4.69) is 15.5 Å². The highest BCUT2D eigenvalue weighted by Crippen LogP contribution is 2.24. The molecule has 0 saturated heterocycles. The second-order valence-corrected chi connectivity index (χ2v) is 9.73. The largest absolute Gasteiger partial charge is 0.353 e. The van der Waals surface area contributed by atoms with Gasteiger partial charge >= 0.3 is 0 Å². The van der Waals surface area contributed by atoms with Crippen LogP contribution in [0.4, 0.5) is 5.69 Å². The molecule has 0 bridgehead atoms. The van der Waals surface area contributed by atoms with Crippen LogP contribution in [0.5, 0.6) is 0 Å². The van der Waals surface area contributed by atoms with Crippen LogP contribution in [0.15, 0.2) is 29.4 Å². The van der Waals surface area contributed by atoms with Crippen LogP contribution in [-0.2, 0) is 27.9 Å². The number of carbonyl (C=O) groups excluding carboxylic acids is 1. The standard InChI is InChI=1S/C18H25N5O3S2/c1-4-22-16(20-21-18(22)27-12-17(24)19-14-7-8-14)11-23(28(3,25)26)15-9-5-13(2)6-10-15/h5-6,9-10,14H,4,7-8,11-12H2,1-3H3,(H,19,24). The first-order chi connectivity index (χ1) is 13.3. The molecule has 8 nitrogen and oxygen atoms in total. The molecule has 1 N–H and O–H groups in total. The van der Waals surface area contributed by atoms with E-state index in [4.69, 9.17) is 0 Å². The molecule has 0 radical (unpaired) electrons. The predicted molar refractivity (Wildman–Crippen MR) is 110 cm³/mol. The second kappa shape index (κ2) is 8.52. The Morgan fingerprint density at radius 1 is 1.29 bits per heavy atom. The number of rotatable bonds is 9. The lowest BCUT2D eigenvalue weighted by Gasteiger charge is -2.22. The average Bonchev–Trinajstić information content (AvgIpc) is 3.36.